The fourth-order valence-electron chi connectivity index (χ4n) is 2.21. The van der Waals surface area contributed by atoms with E-state index in [-0.39, 0.29) is 17.1 Å². The highest BCUT2D eigenvalue weighted by Gasteiger charge is 2.29. The third-order valence-electron chi connectivity index (χ3n) is 3.32. The van der Waals surface area contributed by atoms with Gasteiger partial charge in [-0.3, -0.25) is 0 Å². The number of aromatic carboxylic acids is 1. The standard InChI is InChI=1S/C14H17BrN2O4/c1-14(5-2-6-21-8-14)17-13(20)16-11-4-3-9(12(18)19)7-10(11)15/h3-4,7H,2,5-6,8H2,1H3,(H,18,19)(H2,16,17,20). The number of carbonyl (C=O) groups is 2. The SMILES string of the molecule is CC1(NC(=O)Nc2ccc(C(=O)O)cc2Br)CCCOC1. The molecule has 1 fully saturated rings. The number of carboxylic acids is 1. The van der Waals surface area contributed by atoms with Gasteiger partial charge in [0.2, 0.25) is 0 Å². The van der Waals surface area contributed by atoms with Gasteiger partial charge in [-0.2, -0.15) is 0 Å². The zero-order valence-electron chi connectivity index (χ0n) is 11.6. The van der Waals surface area contributed by atoms with Crippen LogP contribution >= 0.6 is 15.9 Å². The fraction of sp³-hybridized carbons (Fsp3) is 0.429. The Labute approximate surface area is 131 Å². The maximum atomic E-state index is 12.0. The molecule has 3 N–H and O–H groups in total. The number of benzene rings is 1. The number of carboxylic acid groups (broad SMARTS) is 1. The second kappa shape index (κ2) is 6.44. The van der Waals surface area contributed by atoms with Gasteiger partial charge in [-0.1, -0.05) is 0 Å². The number of rotatable bonds is 3. The lowest BCUT2D eigenvalue weighted by molar-refractivity contribution is 0.0342. The van der Waals surface area contributed by atoms with E-state index in [9.17, 15) is 9.59 Å². The molecule has 1 heterocycles. The van der Waals surface area contributed by atoms with Gasteiger partial charge in [-0.05, 0) is 53.9 Å². The van der Waals surface area contributed by atoms with Crippen molar-refractivity contribution in [2.24, 2.45) is 0 Å². The van der Waals surface area contributed by atoms with E-state index in [1.54, 1.807) is 6.07 Å². The summed E-state index contributed by atoms with van der Waals surface area (Å²) in [4.78, 5) is 22.9. The summed E-state index contributed by atoms with van der Waals surface area (Å²) in [6.07, 6.45) is 1.77. The van der Waals surface area contributed by atoms with Gasteiger partial charge in [0.1, 0.15) is 0 Å². The number of carbonyl (C=O) groups excluding carboxylic acids is 1. The second-order valence-electron chi connectivity index (χ2n) is 5.30. The van der Waals surface area contributed by atoms with Gasteiger partial charge < -0.3 is 20.5 Å². The van der Waals surface area contributed by atoms with Crippen molar-refractivity contribution in [1.82, 2.24) is 5.32 Å². The monoisotopic (exact) mass is 356 g/mol. The topological polar surface area (TPSA) is 87.7 Å². The van der Waals surface area contributed by atoms with Crippen molar-refractivity contribution < 1.29 is 19.4 Å². The highest BCUT2D eigenvalue weighted by Crippen LogP contribution is 2.24. The van der Waals surface area contributed by atoms with Gasteiger partial charge in [0.25, 0.3) is 0 Å². The Morgan fingerprint density at radius 3 is 2.76 bits per heavy atom. The number of amides is 2. The number of anilines is 1. The van der Waals surface area contributed by atoms with Crippen LogP contribution in [0, 0.1) is 0 Å². The molecule has 0 radical (unpaired) electrons. The molecule has 0 spiro atoms. The van der Waals surface area contributed by atoms with Crippen LogP contribution in [-0.2, 0) is 4.74 Å². The molecule has 0 aromatic heterocycles. The predicted octanol–water partition coefficient (Wildman–Crippen LogP) is 2.84. The van der Waals surface area contributed by atoms with E-state index in [0.717, 1.165) is 19.4 Å². The molecule has 1 aliphatic rings. The van der Waals surface area contributed by atoms with Gasteiger partial charge in [-0.25, -0.2) is 9.59 Å². The molecule has 1 aromatic carbocycles. The zero-order valence-corrected chi connectivity index (χ0v) is 13.2. The van der Waals surface area contributed by atoms with Crippen molar-refractivity contribution in [3.63, 3.8) is 0 Å². The summed E-state index contributed by atoms with van der Waals surface area (Å²) in [7, 11) is 0. The van der Waals surface area contributed by atoms with Crippen LogP contribution in [0.3, 0.4) is 0 Å². The van der Waals surface area contributed by atoms with E-state index in [4.69, 9.17) is 9.84 Å². The quantitative estimate of drug-likeness (QED) is 0.776. The first-order valence-electron chi connectivity index (χ1n) is 6.59. The summed E-state index contributed by atoms with van der Waals surface area (Å²) in [6, 6.07) is 4.09. The highest BCUT2D eigenvalue weighted by molar-refractivity contribution is 9.10. The van der Waals surface area contributed by atoms with E-state index in [1.807, 2.05) is 6.92 Å². The van der Waals surface area contributed by atoms with Gasteiger partial charge in [0.05, 0.1) is 23.4 Å². The minimum Gasteiger partial charge on any atom is -0.478 e. The van der Waals surface area contributed by atoms with E-state index < -0.39 is 5.97 Å². The van der Waals surface area contributed by atoms with E-state index in [0.29, 0.717) is 16.8 Å². The Morgan fingerprint density at radius 2 is 2.19 bits per heavy atom. The van der Waals surface area contributed by atoms with Crippen LogP contribution in [0.15, 0.2) is 22.7 Å². The van der Waals surface area contributed by atoms with Crippen LogP contribution < -0.4 is 10.6 Å². The lowest BCUT2D eigenvalue weighted by Gasteiger charge is -2.34. The molecule has 2 amide bonds. The summed E-state index contributed by atoms with van der Waals surface area (Å²) in [6.45, 7) is 3.15. The summed E-state index contributed by atoms with van der Waals surface area (Å²) in [5.41, 5.74) is 0.286. The molecule has 0 aliphatic carbocycles. The minimum atomic E-state index is -1.02. The Bertz CT molecular complexity index is 556. The van der Waals surface area contributed by atoms with Gasteiger partial charge in [-0.15, -0.1) is 0 Å². The van der Waals surface area contributed by atoms with Crippen molar-refractivity contribution in [2.45, 2.75) is 25.3 Å². The van der Waals surface area contributed by atoms with E-state index in [1.165, 1.54) is 12.1 Å². The molecule has 2 rings (SSSR count). The molecule has 1 unspecified atom stereocenters. The number of hydrogen-bond acceptors (Lipinski definition) is 3. The second-order valence-corrected chi connectivity index (χ2v) is 6.15. The lowest BCUT2D eigenvalue weighted by Crippen LogP contribution is -2.52. The van der Waals surface area contributed by atoms with Crippen molar-refractivity contribution in [3.8, 4) is 0 Å². The number of urea groups is 1. The molecule has 0 bridgehead atoms. The molecule has 114 valence electrons. The van der Waals surface area contributed by atoms with Crippen molar-refractivity contribution in [1.29, 1.82) is 0 Å². The smallest absolute Gasteiger partial charge is 0.335 e. The Hall–Kier alpha value is -1.60. The maximum Gasteiger partial charge on any atom is 0.335 e. The molecular formula is C14H17BrN2O4. The maximum absolute atomic E-state index is 12.0. The third kappa shape index (κ3) is 4.18. The van der Waals surface area contributed by atoms with Crippen molar-refractivity contribution in [2.75, 3.05) is 18.5 Å². The molecule has 0 saturated carbocycles. The van der Waals surface area contributed by atoms with E-state index >= 15 is 0 Å². The summed E-state index contributed by atoms with van der Waals surface area (Å²) < 4.78 is 5.90. The first-order chi connectivity index (χ1) is 9.89. The number of ether oxygens (including phenoxy) is 1. The molecule has 1 aromatic rings. The fourth-order valence-corrected chi connectivity index (χ4v) is 2.69. The molecular weight excluding hydrogens is 340 g/mol. The molecule has 1 aliphatic heterocycles. The van der Waals surface area contributed by atoms with Gasteiger partial charge >= 0.3 is 12.0 Å². The van der Waals surface area contributed by atoms with Crippen LogP contribution in [0.5, 0.6) is 0 Å². The average Bonchev–Trinajstić information content (AvgIpc) is 2.41. The largest absolute Gasteiger partial charge is 0.478 e. The van der Waals surface area contributed by atoms with Crippen LogP contribution in [-0.4, -0.2) is 35.9 Å². The Morgan fingerprint density at radius 1 is 1.43 bits per heavy atom. The number of hydrogen-bond donors (Lipinski definition) is 3. The summed E-state index contributed by atoms with van der Waals surface area (Å²) >= 11 is 3.25. The minimum absolute atomic E-state index is 0.153. The van der Waals surface area contributed by atoms with E-state index in [2.05, 4.69) is 26.6 Å². The first kappa shape index (κ1) is 15.8. The Balaban J connectivity index is 2.01. The number of halogens is 1. The normalized spacial score (nSPS) is 21.6. The van der Waals surface area contributed by atoms with Crippen LogP contribution in [0.25, 0.3) is 0 Å². The zero-order chi connectivity index (χ0) is 15.5. The summed E-state index contributed by atoms with van der Waals surface area (Å²) in [5, 5.41) is 14.5. The van der Waals surface area contributed by atoms with Crippen molar-refractivity contribution >= 4 is 33.6 Å². The lowest BCUT2D eigenvalue weighted by atomic mass is 9.95. The van der Waals surface area contributed by atoms with Crippen LogP contribution in [0.2, 0.25) is 0 Å². The molecule has 7 heteroatoms. The molecule has 21 heavy (non-hydrogen) atoms. The van der Waals surface area contributed by atoms with Crippen molar-refractivity contribution in [3.05, 3.63) is 28.2 Å². The molecule has 6 nitrogen and oxygen atoms in total. The molecule has 1 saturated heterocycles. The molecule has 1 atom stereocenters. The summed E-state index contributed by atoms with van der Waals surface area (Å²) in [5.74, 6) is -1.02. The van der Waals surface area contributed by atoms with Crippen LogP contribution in [0.1, 0.15) is 30.1 Å². The number of nitrogens with one attached hydrogen (secondary N) is 2. The van der Waals surface area contributed by atoms with Crippen LogP contribution in [0.4, 0.5) is 10.5 Å². The van der Waals surface area contributed by atoms with Gasteiger partial charge in [0.15, 0.2) is 0 Å². The predicted molar refractivity (Wildman–Crippen MR) is 81.7 cm³/mol. The Kier molecular flexibility index (Phi) is 4.84. The average molecular weight is 357 g/mol. The first-order valence-corrected chi connectivity index (χ1v) is 7.39. The highest BCUT2D eigenvalue weighted by atomic mass is 79.9. The van der Waals surface area contributed by atoms with Gasteiger partial charge in [0, 0.05) is 11.1 Å². The third-order valence-corrected chi connectivity index (χ3v) is 3.97.